The highest BCUT2D eigenvalue weighted by Crippen LogP contribution is 2.22. The first-order valence-electron chi connectivity index (χ1n) is 7.12. The van der Waals surface area contributed by atoms with Crippen LogP contribution in [0.5, 0.6) is 0 Å². The number of aliphatic hydroxyl groups is 1. The van der Waals surface area contributed by atoms with Crippen molar-refractivity contribution < 1.29 is 9.90 Å². The second-order valence-electron chi connectivity index (χ2n) is 5.05. The first-order chi connectivity index (χ1) is 9.17. The molecule has 1 rings (SSSR count). The molecule has 0 spiro atoms. The Morgan fingerprint density at radius 2 is 2.00 bits per heavy atom. The highest BCUT2D eigenvalue weighted by molar-refractivity contribution is 5.77. The van der Waals surface area contributed by atoms with E-state index in [-0.39, 0.29) is 24.5 Å². The Balaban J connectivity index is 2.45. The molecule has 0 aliphatic heterocycles. The van der Waals surface area contributed by atoms with Gasteiger partial charge in [0.05, 0.1) is 0 Å². The summed E-state index contributed by atoms with van der Waals surface area (Å²) in [6, 6.07) is 10.3. The molecule has 0 radical (unpaired) electrons. The maximum Gasteiger partial charge on any atom is 0.220 e. The van der Waals surface area contributed by atoms with Crippen LogP contribution in [0.15, 0.2) is 30.3 Å². The average Bonchev–Trinajstić information content (AvgIpc) is 2.43. The Morgan fingerprint density at radius 1 is 1.32 bits per heavy atom. The Morgan fingerprint density at radius 3 is 2.58 bits per heavy atom. The Hall–Kier alpha value is -1.35. The van der Waals surface area contributed by atoms with Gasteiger partial charge in [-0.2, -0.15) is 0 Å². The van der Waals surface area contributed by atoms with Crippen molar-refractivity contribution in [2.24, 2.45) is 0 Å². The topological polar surface area (TPSA) is 49.3 Å². The van der Waals surface area contributed by atoms with Crippen molar-refractivity contribution >= 4 is 5.91 Å². The van der Waals surface area contributed by atoms with Gasteiger partial charge >= 0.3 is 0 Å². The SMILES string of the molecule is CCC(CC(=O)NC(C)CCCO)c1ccccc1. The van der Waals surface area contributed by atoms with E-state index >= 15 is 0 Å². The molecule has 1 amide bonds. The van der Waals surface area contributed by atoms with E-state index < -0.39 is 0 Å². The molecule has 19 heavy (non-hydrogen) atoms. The van der Waals surface area contributed by atoms with Gasteiger partial charge in [-0.05, 0) is 37.7 Å². The highest BCUT2D eigenvalue weighted by atomic mass is 16.2. The summed E-state index contributed by atoms with van der Waals surface area (Å²) in [5, 5.41) is 11.8. The van der Waals surface area contributed by atoms with Gasteiger partial charge in [0.25, 0.3) is 0 Å². The van der Waals surface area contributed by atoms with Gasteiger partial charge in [-0.15, -0.1) is 0 Å². The Kier molecular flexibility index (Phi) is 7.19. The summed E-state index contributed by atoms with van der Waals surface area (Å²) in [6.45, 7) is 4.28. The molecule has 2 atom stereocenters. The standard InChI is InChI=1S/C16H25NO2/c1-3-14(15-9-5-4-6-10-15)12-16(19)17-13(2)8-7-11-18/h4-6,9-10,13-14,18H,3,7-8,11-12H2,1-2H3,(H,17,19). The molecule has 2 unspecified atom stereocenters. The van der Waals surface area contributed by atoms with Crippen LogP contribution in [0.3, 0.4) is 0 Å². The number of rotatable bonds is 8. The molecule has 1 aromatic carbocycles. The van der Waals surface area contributed by atoms with Crippen molar-refractivity contribution in [3.8, 4) is 0 Å². The maximum absolute atomic E-state index is 12.0. The molecule has 0 heterocycles. The van der Waals surface area contributed by atoms with Crippen LogP contribution in [-0.2, 0) is 4.79 Å². The molecule has 0 saturated heterocycles. The summed E-state index contributed by atoms with van der Waals surface area (Å²) in [7, 11) is 0. The van der Waals surface area contributed by atoms with Gasteiger partial charge in [0, 0.05) is 19.1 Å². The van der Waals surface area contributed by atoms with E-state index in [9.17, 15) is 4.79 Å². The molecule has 0 aromatic heterocycles. The highest BCUT2D eigenvalue weighted by Gasteiger charge is 2.15. The second kappa shape index (κ2) is 8.70. The molecule has 0 saturated carbocycles. The van der Waals surface area contributed by atoms with Gasteiger partial charge in [-0.1, -0.05) is 37.3 Å². The van der Waals surface area contributed by atoms with Crippen LogP contribution in [-0.4, -0.2) is 23.7 Å². The van der Waals surface area contributed by atoms with Crippen LogP contribution in [0.4, 0.5) is 0 Å². The van der Waals surface area contributed by atoms with Crippen LogP contribution in [0, 0.1) is 0 Å². The van der Waals surface area contributed by atoms with Gasteiger partial charge in [-0.25, -0.2) is 0 Å². The summed E-state index contributed by atoms with van der Waals surface area (Å²) in [5.41, 5.74) is 1.23. The zero-order valence-electron chi connectivity index (χ0n) is 11.9. The molecular formula is C16H25NO2. The number of carbonyl (C=O) groups excluding carboxylic acids is 1. The van der Waals surface area contributed by atoms with Gasteiger partial charge in [0.15, 0.2) is 0 Å². The normalized spacial score (nSPS) is 13.8. The summed E-state index contributed by atoms with van der Waals surface area (Å²) in [4.78, 5) is 12.0. The fourth-order valence-corrected chi connectivity index (χ4v) is 2.25. The number of benzene rings is 1. The number of aliphatic hydroxyl groups excluding tert-OH is 1. The molecule has 1 aromatic rings. The lowest BCUT2D eigenvalue weighted by Gasteiger charge is -2.18. The van der Waals surface area contributed by atoms with E-state index in [0.717, 1.165) is 19.3 Å². The lowest BCUT2D eigenvalue weighted by Crippen LogP contribution is -2.33. The Labute approximate surface area is 116 Å². The van der Waals surface area contributed by atoms with E-state index in [0.29, 0.717) is 6.42 Å². The average molecular weight is 263 g/mol. The molecule has 106 valence electrons. The minimum absolute atomic E-state index is 0.0983. The first-order valence-corrected chi connectivity index (χ1v) is 7.12. The predicted molar refractivity (Wildman–Crippen MR) is 78.0 cm³/mol. The molecule has 0 bridgehead atoms. The quantitative estimate of drug-likeness (QED) is 0.757. The number of nitrogens with one attached hydrogen (secondary N) is 1. The van der Waals surface area contributed by atoms with Crippen molar-refractivity contribution in [1.29, 1.82) is 0 Å². The maximum atomic E-state index is 12.0. The molecule has 2 N–H and O–H groups in total. The molecule has 0 fully saturated rings. The zero-order chi connectivity index (χ0) is 14.1. The molecular weight excluding hydrogens is 238 g/mol. The van der Waals surface area contributed by atoms with Crippen molar-refractivity contribution in [1.82, 2.24) is 5.32 Å². The number of carbonyl (C=O) groups is 1. The van der Waals surface area contributed by atoms with Crippen LogP contribution in [0.2, 0.25) is 0 Å². The van der Waals surface area contributed by atoms with E-state index in [4.69, 9.17) is 5.11 Å². The monoisotopic (exact) mass is 263 g/mol. The van der Waals surface area contributed by atoms with E-state index in [1.54, 1.807) is 0 Å². The summed E-state index contributed by atoms with van der Waals surface area (Å²) < 4.78 is 0. The van der Waals surface area contributed by atoms with Crippen molar-refractivity contribution in [2.45, 2.75) is 51.5 Å². The molecule has 3 heteroatoms. The Bertz CT molecular complexity index is 364. The lowest BCUT2D eigenvalue weighted by atomic mass is 9.93. The van der Waals surface area contributed by atoms with Crippen molar-refractivity contribution in [3.63, 3.8) is 0 Å². The minimum atomic E-state index is 0.0983. The third-order valence-corrected chi connectivity index (χ3v) is 3.40. The van der Waals surface area contributed by atoms with Crippen LogP contribution >= 0.6 is 0 Å². The van der Waals surface area contributed by atoms with E-state index in [1.165, 1.54) is 5.56 Å². The third kappa shape index (κ3) is 5.88. The van der Waals surface area contributed by atoms with E-state index in [2.05, 4.69) is 24.4 Å². The molecule has 3 nitrogen and oxygen atoms in total. The summed E-state index contributed by atoms with van der Waals surface area (Å²) in [6.07, 6.45) is 3.05. The smallest absolute Gasteiger partial charge is 0.220 e. The van der Waals surface area contributed by atoms with Gasteiger partial charge in [-0.3, -0.25) is 4.79 Å². The lowest BCUT2D eigenvalue weighted by molar-refractivity contribution is -0.122. The largest absolute Gasteiger partial charge is 0.396 e. The van der Waals surface area contributed by atoms with E-state index in [1.807, 2.05) is 25.1 Å². The van der Waals surface area contributed by atoms with Gasteiger partial charge < -0.3 is 10.4 Å². The van der Waals surface area contributed by atoms with Crippen LogP contribution < -0.4 is 5.32 Å². The fraction of sp³-hybridized carbons (Fsp3) is 0.562. The number of amides is 1. The van der Waals surface area contributed by atoms with Crippen molar-refractivity contribution in [3.05, 3.63) is 35.9 Å². The van der Waals surface area contributed by atoms with Gasteiger partial charge in [0.2, 0.25) is 5.91 Å². The summed E-state index contributed by atoms with van der Waals surface area (Å²) in [5.74, 6) is 0.382. The number of hydrogen-bond donors (Lipinski definition) is 2. The fourth-order valence-electron chi connectivity index (χ4n) is 2.25. The number of hydrogen-bond acceptors (Lipinski definition) is 2. The van der Waals surface area contributed by atoms with Crippen molar-refractivity contribution in [2.75, 3.05) is 6.61 Å². The molecule has 0 aliphatic rings. The first kappa shape index (κ1) is 15.7. The summed E-state index contributed by atoms with van der Waals surface area (Å²) >= 11 is 0. The zero-order valence-corrected chi connectivity index (χ0v) is 11.9. The minimum Gasteiger partial charge on any atom is -0.396 e. The predicted octanol–water partition coefficient (Wildman–Crippen LogP) is 2.85. The van der Waals surface area contributed by atoms with Gasteiger partial charge in [0.1, 0.15) is 0 Å². The van der Waals surface area contributed by atoms with Crippen LogP contribution in [0.25, 0.3) is 0 Å². The van der Waals surface area contributed by atoms with Crippen LogP contribution in [0.1, 0.15) is 51.0 Å². The third-order valence-electron chi connectivity index (χ3n) is 3.40. The second-order valence-corrected chi connectivity index (χ2v) is 5.05. The molecule has 0 aliphatic carbocycles.